The minimum Gasteiger partial charge on any atom is -0.481 e. The first kappa shape index (κ1) is 21.8. The molecule has 0 saturated carbocycles. The monoisotopic (exact) mass is 410 g/mol. The topological polar surface area (TPSA) is 76.7 Å². The van der Waals surface area contributed by atoms with Gasteiger partial charge in [-0.15, -0.1) is 0 Å². The third-order valence-electron chi connectivity index (χ3n) is 5.38. The minimum atomic E-state index is -0.715. The molecule has 0 bridgehead atoms. The van der Waals surface area contributed by atoms with E-state index >= 15 is 0 Å². The maximum absolute atomic E-state index is 12.8. The highest BCUT2D eigenvalue weighted by molar-refractivity contribution is 6.04. The van der Waals surface area contributed by atoms with Crippen LogP contribution in [0.25, 0.3) is 0 Å². The molecule has 3 rings (SSSR count). The van der Waals surface area contributed by atoms with Crippen molar-refractivity contribution in [2.24, 2.45) is 0 Å². The minimum absolute atomic E-state index is 0.0603. The Kier molecular flexibility index (Phi) is 7.11. The summed E-state index contributed by atoms with van der Waals surface area (Å²) in [4.78, 5) is 25.4. The second-order valence-corrected chi connectivity index (χ2v) is 7.84. The largest absolute Gasteiger partial charge is 0.481 e. The summed E-state index contributed by atoms with van der Waals surface area (Å²) in [6, 6.07) is 11.0. The Morgan fingerprint density at radius 3 is 2.70 bits per heavy atom. The van der Waals surface area contributed by atoms with Crippen molar-refractivity contribution in [3.05, 3.63) is 58.7 Å². The number of carbonyl (C=O) groups excluding carboxylic acids is 2. The molecule has 0 aromatic heterocycles. The molecule has 30 heavy (non-hydrogen) atoms. The summed E-state index contributed by atoms with van der Waals surface area (Å²) in [6.07, 6.45) is 1.31. The number of ether oxygens (including phenoxy) is 2. The van der Waals surface area contributed by atoms with Crippen LogP contribution in [0.2, 0.25) is 0 Å². The van der Waals surface area contributed by atoms with Crippen molar-refractivity contribution in [1.82, 2.24) is 5.32 Å². The fourth-order valence-electron chi connectivity index (χ4n) is 3.50. The standard InChI is InChI=1S/C24H30N2O4/c1-15-12-16(2)17(3)22(13-15)30-18(4)23(27)26-21-10-6-5-9-20(21)24(28)25-14-19-8-7-11-29-19/h5-6,9-10,12-13,18-19H,7-8,11,14H2,1-4H3,(H,25,28)(H,26,27)/t18-,19-/m0/s1. The molecule has 2 amide bonds. The molecule has 6 nitrogen and oxygen atoms in total. The van der Waals surface area contributed by atoms with E-state index in [9.17, 15) is 9.59 Å². The number of benzene rings is 2. The van der Waals surface area contributed by atoms with Crippen LogP contribution in [0.15, 0.2) is 36.4 Å². The van der Waals surface area contributed by atoms with Crippen molar-refractivity contribution < 1.29 is 19.1 Å². The smallest absolute Gasteiger partial charge is 0.265 e. The van der Waals surface area contributed by atoms with Crippen LogP contribution in [0.4, 0.5) is 5.69 Å². The van der Waals surface area contributed by atoms with Gasteiger partial charge >= 0.3 is 0 Å². The zero-order valence-corrected chi connectivity index (χ0v) is 18.1. The Morgan fingerprint density at radius 1 is 1.20 bits per heavy atom. The first-order chi connectivity index (χ1) is 14.3. The Morgan fingerprint density at radius 2 is 1.97 bits per heavy atom. The fourth-order valence-corrected chi connectivity index (χ4v) is 3.50. The van der Waals surface area contributed by atoms with Crippen molar-refractivity contribution in [2.75, 3.05) is 18.5 Å². The van der Waals surface area contributed by atoms with E-state index in [1.165, 1.54) is 0 Å². The van der Waals surface area contributed by atoms with Crippen molar-refractivity contribution in [3.8, 4) is 5.75 Å². The lowest BCUT2D eigenvalue weighted by Crippen LogP contribution is -2.34. The van der Waals surface area contributed by atoms with E-state index in [0.717, 1.165) is 36.1 Å². The lowest BCUT2D eigenvalue weighted by molar-refractivity contribution is -0.122. The predicted octanol–water partition coefficient (Wildman–Crippen LogP) is 3.93. The second-order valence-electron chi connectivity index (χ2n) is 7.84. The van der Waals surface area contributed by atoms with Gasteiger partial charge in [0.2, 0.25) is 0 Å². The van der Waals surface area contributed by atoms with Crippen LogP contribution in [-0.4, -0.2) is 37.2 Å². The number of anilines is 1. The number of hydrogen-bond acceptors (Lipinski definition) is 4. The average molecular weight is 411 g/mol. The lowest BCUT2D eigenvalue weighted by Gasteiger charge is -2.19. The summed E-state index contributed by atoms with van der Waals surface area (Å²) in [6.45, 7) is 8.90. The van der Waals surface area contributed by atoms with E-state index in [4.69, 9.17) is 9.47 Å². The second kappa shape index (κ2) is 9.76. The first-order valence-electron chi connectivity index (χ1n) is 10.4. The molecule has 0 unspecified atom stereocenters. The normalized spacial score (nSPS) is 16.7. The van der Waals surface area contributed by atoms with Gasteiger partial charge < -0.3 is 20.1 Å². The SMILES string of the molecule is Cc1cc(C)c(C)c(O[C@@H](C)C(=O)Nc2ccccc2C(=O)NC[C@@H]2CCCO2)c1. The van der Waals surface area contributed by atoms with E-state index in [1.807, 2.05) is 26.8 Å². The average Bonchev–Trinajstić information content (AvgIpc) is 3.24. The number of amides is 2. The Balaban J connectivity index is 1.65. The summed E-state index contributed by atoms with van der Waals surface area (Å²) in [7, 11) is 0. The van der Waals surface area contributed by atoms with Crippen LogP contribution in [0.5, 0.6) is 5.75 Å². The van der Waals surface area contributed by atoms with Crippen molar-refractivity contribution >= 4 is 17.5 Å². The van der Waals surface area contributed by atoms with Gasteiger partial charge in [-0.2, -0.15) is 0 Å². The van der Waals surface area contributed by atoms with E-state index in [0.29, 0.717) is 23.5 Å². The summed E-state index contributed by atoms with van der Waals surface area (Å²) >= 11 is 0. The summed E-state index contributed by atoms with van der Waals surface area (Å²) in [5.41, 5.74) is 4.08. The maximum Gasteiger partial charge on any atom is 0.265 e. The van der Waals surface area contributed by atoms with Gasteiger partial charge in [0, 0.05) is 13.2 Å². The van der Waals surface area contributed by atoms with E-state index in [2.05, 4.69) is 16.7 Å². The molecule has 0 aliphatic carbocycles. The quantitative estimate of drug-likeness (QED) is 0.725. The third-order valence-corrected chi connectivity index (χ3v) is 5.38. The highest BCUT2D eigenvalue weighted by Gasteiger charge is 2.21. The molecule has 2 atom stereocenters. The van der Waals surface area contributed by atoms with Gasteiger partial charge in [-0.1, -0.05) is 18.2 Å². The molecule has 1 saturated heterocycles. The van der Waals surface area contributed by atoms with Crippen molar-refractivity contribution in [2.45, 2.75) is 52.7 Å². The molecule has 1 aliphatic rings. The first-order valence-corrected chi connectivity index (χ1v) is 10.4. The molecular weight excluding hydrogens is 380 g/mol. The van der Waals surface area contributed by atoms with Crippen LogP contribution in [0.3, 0.4) is 0 Å². The van der Waals surface area contributed by atoms with Crippen LogP contribution >= 0.6 is 0 Å². The van der Waals surface area contributed by atoms with Crippen LogP contribution < -0.4 is 15.4 Å². The molecule has 160 valence electrons. The molecule has 2 aromatic rings. The van der Waals surface area contributed by atoms with Gasteiger partial charge in [0.25, 0.3) is 11.8 Å². The lowest BCUT2D eigenvalue weighted by atomic mass is 10.1. The van der Waals surface area contributed by atoms with Gasteiger partial charge in [-0.05, 0) is 75.4 Å². The van der Waals surface area contributed by atoms with Gasteiger partial charge in [-0.3, -0.25) is 9.59 Å². The zero-order valence-electron chi connectivity index (χ0n) is 18.1. The van der Waals surface area contributed by atoms with Crippen molar-refractivity contribution in [1.29, 1.82) is 0 Å². The number of nitrogens with one attached hydrogen (secondary N) is 2. The Bertz CT molecular complexity index is 919. The van der Waals surface area contributed by atoms with Crippen LogP contribution in [0, 0.1) is 20.8 Å². The molecule has 1 heterocycles. The third kappa shape index (κ3) is 5.39. The van der Waals surface area contributed by atoms with Gasteiger partial charge in [0.05, 0.1) is 17.4 Å². The summed E-state index contributed by atoms with van der Waals surface area (Å²) in [5, 5.41) is 5.73. The molecule has 0 spiro atoms. The fraction of sp³-hybridized carbons (Fsp3) is 0.417. The van der Waals surface area contributed by atoms with Gasteiger partial charge in [0.1, 0.15) is 5.75 Å². The van der Waals surface area contributed by atoms with Gasteiger partial charge in [-0.25, -0.2) is 0 Å². The molecule has 0 radical (unpaired) electrons. The number of aryl methyl sites for hydroxylation is 2. The van der Waals surface area contributed by atoms with Crippen LogP contribution in [-0.2, 0) is 9.53 Å². The predicted molar refractivity (Wildman–Crippen MR) is 117 cm³/mol. The number of para-hydroxylation sites is 1. The molecular formula is C24H30N2O4. The number of hydrogen-bond donors (Lipinski definition) is 2. The van der Waals surface area contributed by atoms with E-state index in [1.54, 1.807) is 31.2 Å². The summed E-state index contributed by atoms with van der Waals surface area (Å²) in [5.74, 6) is 0.144. The van der Waals surface area contributed by atoms with Gasteiger partial charge in [0.15, 0.2) is 6.10 Å². The highest BCUT2D eigenvalue weighted by atomic mass is 16.5. The Labute approximate surface area is 178 Å². The van der Waals surface area contributed by atoms with E-state index in [-0.39, 0.29) is 17.9 Å². The molecule has 2 N–H and O–H groups in total. The van der Waals surface area contributed by atoms with Crippen molar-refractivity contribution in [3.63, 3.8) is 0 Å². The number of rotatable bonds is 7. The number of carbonyl (C=O) groups is 2. The molecule has 2 aromatic carbocycles. The Hall–Kier alpha value is -2.86. The maximum atomic E-state index is 12.8. The van der Waals surface area contributed by atoms with Crippen LogP contribution in [0.1, 0.15) is 46.8 Å². The molecule has 1 fully saturated rings. The highest BCUT2D eigenvalue weighted by Crippen LogP contribution is 2.25. The zero-order chi connectivity index (χ0) is 21.7. The molecule has 1 aliphatic heterocycles. The van der Waals surface area contributed by atoms with E-state index < -0.39 is 6.10 Å². The molecule has 6 heteroatoms. The summed E-state index contributed by atoms with van der Waals surface area (Å²) < 4.78 is 11.5.